The van der Waals surface area contributed by atoms with E-state index in [2.05, 4.69) is 4.99 Å². The lowest BCUT2D eigenvalue weighted by Gasteiger charge is -1.97. The third-order valence-electron chi connectivity index (χ3n) is 1.56. The van der Waals surface area contributed by atoms with E-state index >= 15 is 0 Å². The van der Waals surface area contributed by atoms with Gasteiger partial charge in [0.15, 0.2) is 0 Å². The smallest absolute Gasteiger partial charge is 0.258 e. The summed E-state index contributed by atoms with van der Waals surface area (Å²) in [6.45, 7) is -0.159. The maximum absolute atomic E-state index is 13.0. The standard InChI is InChI=1S/C8H5FN2O3/c9-8-3-7(11(13)14)2-1-6(8)4-10-5-12/h1-3H,4H2. The first-order chi connectivity index (χ1) is 6.65. The predicted octanol–water partition coefficient (Wildman–Crippen LogP) is 1.57. The molecule has 0 atom stereocenters. The van der Waals surface area contributed by atoms with Gasteiger partial charge in [-0.25, -0.2) is 14.2 Å². The number of nitrogens with zero attached hydrogens (tertiary/aromatic N) is 2. The fraction of sp³-hybridized carbons (Fsp3) is 0.125. The van der Waals surface area contributed by atoms with Crippen molar-refractivity contribution >= 4 is 11.8 Å². The van der Waals surface area contributed by atoms with Gasteiger partial charge in [-0.3, -0.25) is 10.1 Å². The van der Waals surface area contributed by atoms with Crippen LogP contribution in [-0.2, 0) is 11.3 Å². The number of nitro benzene ring substituents is 1. The molecule has 72 valence electrons. The molecule has 0 N–H and O–H groups in total. The molecular formula is C8H5FN2O3. The highest BCUT2D eigenvalue weighted by molar-refractivity contribution is 5.37. The Kier molecular flexibility index (Phi) is 3.04. The lowest BCUT2D eigenvalue weighted by atomic mass is 10.2. The Morgan fingerprint density at radius 1 is 1.57 bits per heavy atom. The van der Waals surface area contributed by atoms with Gasteiger partial charge in [0.2, 0.25) is 6.08 Å². The SMILES string of the molecule is O=C=NCc1ccc([N+](=O)[O-])cc1F. The summed E-state index contributed by atoms with van der Waals surface area (Å²) in [6, 6.07) is 3.16. The van der Waals surface area contributed by atoms with Crippen LogP contribution in [0.15, 0.2) is 23.2 Å². The van der Waals surface area contributed by atoms with E-state index in [1.54, 1.807) is 0 Å². The molecule has 1 aromatic rings. The van der Waals surface area contributed by atoms with Crippen LogP contribution in [-0.4, -0.2) is 11.0 Å². The van der Waals surface area contributed by atoms with E-state index in [0.29, 0.717) is 0 Å². The number of nitro groups is 1. The molecule has 14 heavy (non-hydrogen) atoms. The summed E-state index contributed by atoms with van der Waals surface area (Å²) in [5.41, 5.74) is -0.208. The van der Waals surface area contributed by atoms with Crippen molar-refractivity contribution in [2.45, 2.75) is 6.54 Å². The molecule has 0 bridgehead atoms. The molecule has 0 radical (unpaired) electrons. The van der Waals surface area contributed by atoms with Gasteiger partial charge in [-0.15, -0.1) is 0 Å². The third-order valence-corrected chi connectivity index (χ3v) is 1.56. The zero-order valence-electron chi connectivity index (χ0n) is 6.94. The van der Waals surface area contributed by atoms with Gasteiger partial charge in [-0.05, 0) is 6.07 Å². The van der Waals surface area contributed by atoms with Gasteiger partial charge in [0.1, 0.15) is 5.82 Å². The molecule has 6 heteroatoms. The van der Waals surface area contributed by atoms with Crippen molar-refractivity contribution in [3.63, 3.8) is 0 Å². The monoisotopic (exact) mass is 196 g/mol. The summed E-state index contributed by atoms with van der Waals surface area (Å²) in [6.07, 6.45) is 1.26. The largest absolute Gasteiger partial charge is 0.272 e. The Bertz CT molecular complexity index is 413. The van der Waals surface area contributed by atoms with Crippen molar-refractivity contribution in [2.24, 2.45) is 4.99 Å². The molecule has 1 aromatic carbocycles. The molecule has 1 rings (SSSR count). The number of carbonyl (C=O) groups excluding carboxylic acids is 1. The summed E-state index contributed by atoms with van der Waals surface area (Å²) in [4.78, 5) is 22.4. The van der Waals surface area contributed by atoms with Crippen LogP contribution in [0.5, 0.6) is 0 Å². The van der Waals surface area contributed by atoms with Crippen LogP contribution >= 0.6 is 0 Å². The second-order valence-corrected chi connectivity index (χ2v) is 2.44. The fourth-order valence-corrected chi connectivity index (χ4v) is 0.895. The number of benzene rings is 1. The second-order valence-electron chi connectivity index (χ2n) is 2.44. The van der Waals surface area contributed by atoms with E-state index in [4.69, 9.17) is 0 Å². The third kappa shape index (κ3) is 2.21. The topological polar surface area (TPSA) is 72.6 Å². The lowest BCUT2D eigenvalue weighted by molar-refractivity contribution is -0.385. The first-order valence-electron chi connectivity index (χ1n) is 3.61. The molecule has 0 amide bonds. The molecule has 0 aliphatic carbocycles. The lowest BCUT2D eigenvalue weighted by Crippen LogP contribution is -1.93. The van der Waals surface area contributed by atoms with Crippen molar-refractivity contribution in [3.8, 4) is 0 Å². The van der Waals surface area contributed by atoms with Gasteiger partial charge in [0.05, 0.1) is 17.5 Å². The van der Waals surface area contributed by atoms with Gasteiger partial charge in [0.25, 0.3) is 5.69 Å². The van der Waals surface area contributed by atoms with Crippen LogP contribution in [0, 0.1) is 15.9 Å². The molecular weight excluding hydrogens is 191 g/mol. The van der Waals surface area contributed by atoms with Crippen molar-refractivity contribution < 1.29 is 14.1 Å². The van der Waals surface area contributed by atoms with Crippen LogP contribution in [0.25, 0.3) is 0 Å². The summed E-state index contributed by atoms with van der Waals surface area (Å²) < 4.78 is 13.0. The molecule has 0 saturated carbocycles. The van der Waals surface area contributed by atoms with Crippen LogP contribution < -0.4 is 0 Å². The van der Waals surface area contributed by atoms with E-state index < -0.39 is 10.7 Å². The molecule has 0 spiro atoms. The average Bonchev–Trinajstić information content (AvgIpc) is 2.15. The maximum Gasteiger partial charge on any atom is 0.272 e. The zero-order valence-corrected chi connectivity index (χ0v) is 6.94. The minimum Gasteiger partial charge on any atom is -0.258 e. The molecule has 5 nitrogen and oxygen atoms in total. The molecule has 0 unspecified atom stereocenters. The van der Waals surface area contributed by atoms with Gasteiger partial charge in [-0.1, -0.05) is 0 Å². The summed E-state index contributed by atoms with van der Waals surface area (Å²) in [7, 11) is 0. The van der Waals surface area contributed by atoms with Crippen molar-refractivity contribution in [1.29, 1.82) is 0 Å². The van der Waals surface area contributed by atoms with E-state index in [1.165, 1.54) is 12.1 Å². The molecule has 0 heterocycles. The van der Waals surface area contributed by atoms with E-state index in [1.807, 2.05) is 0 Å². The van der Waals surface area contributed by atoms with Gasteiger partial charge in [0, 0.05) is 11.6 Å². The Balaban J connectivity index is 3.00. The quantitative estimate of drug-likeness (QED) is 0.318. The number of isocyanates is 1. The van der Waals surface area contributed by atoms with Crippen LogP contribution in [0.3, 0.4) is 0 Å². The Morgan fingerprint density at radius 3 is 2.79 bits per heavy atom. The number of non-ortho nitro benzene ring substituents is 1. The Hall–Kier alpha value is -2.07. The Labute approximate surface area is 78.0 Å². The van der Waals surface area contributed by atoms with Crippen LogP contribution in [0.1, 0.15) is 5.56 Å². The Morgan fingerprint density at radius 2 is 2.29 bits per heavy atom. The highest BCUT2D eigenvalue weighted by Gasteiger charge is 2.09. The number of halogens is 1. The number of hydrogen-bond acceptors (Lipinski definition) is 4. The average molecular weight is 196 g/mol. The summed E-state index contributed by atoms with van der Waals surface area (Å²) >= 11 is 0. The van der Waals surface area contributed by atoms with Crippen molar-refractivity contribution in [3.05, 3.63) is 39.7 Å². The fourth-order valence-electron chi connectivity index (χ4n) is 0.895. The molecule has 0 fully saturated rings. The highest BCUT2D eigenvalue weighted by Crippen LogP contribution is 2.16. The normalized spacial score (nSPS) is 9.21. The van der Waals surface area contributed by atoms with Crippen LogP contribution in [0.4, 0.5) is 10.1 Å². The van der Waals surface area contributed by atoms with E-state index in [9.17, 15) is 19.3 Å². The highest BCUT2D eigenvalue weighted by atomic mass is 19.1. The minimum atomic E-state index is -0.752. The van der Waals surface area contributed by atoms with Crippen molar-refractivity contribution in [1.82, 2.24) is 0 Å². The number of rotatable bonds is 3. The molecule has 0 saturated heterocycles. The van der Waals surface area contributed by atoms with Gasteiger partial charge < -0.3 is 0 Å². The van der Waals surface area contributed by atoms with Crippen LogP contribution in [0.2, 0.25) is 0 Å². The first kappa shape index (κ1) is 10.0. The summed E-state index contributed by atoms with van der Waals surface area (Å²) in [5.74, 6) is -0.752. The number of aliphatic imine (C=N–C) groups is 1. The van der Waals surface area contributed by atoms with Gasteiger partial charge in [-0.2, -0.15) is 0 Å². The minimum absolute atomic E-state index is 0.124. The molecule has 0 aromatic heterocycles. The summed E-state index contributed by atoms with van der Waals surface area (Å²) in [5, 5.41) is 10.2. The number of hydrogen-bond donors (Lipinski definition) is 0. The maximum atomic E-state index is 13.0. The van der Waals surface area contributed by atoms with Gasteiger partial charge >= 0.3 is 0 Å². The van der Waals surface area contributed by atoms with Crippen molar-refractivity contribution in [2.75, 3.05) is 0 Å². The van der Waals surface area contributed by atoms with E-state index in [-0.39, 0.29) is 17.8 Å². The second kappa shape index (κ2) is 4.25. The predicted molar refractivity (Wildman–Crippen MR) is 44.9 cm³/mol. The first-order valence-corrected chi connectivity index (χ1v) is 3.61. The van der Waals surface area contributed by atoms with E-state index in [0.717, 1.165) is 12.1 Å². The molecule has 0 aliphatic rings. The zero-order chi connectivity index (χ0) is 10.6. The molecule has 0 aliphatic heterocycles.